The van der Waals surface area contributed by atoms with Gasteiger partial charge >= 0.3 is 5.97 Å². The van der Waals surface area contributed by atoms with Crippen molar-refractivity contribution >= 4 is 5.97 Å². The molecule has 0 radical (unpaired) electrons. The first-order valence-corrected chi connectivity index (χ1v) is 8.37. The lowest BCUT2D eigenvalue weighted by Gasteiger charge is -2.21. The van der Waals surface area contributed by atoms with E-state index in [0.29, 0.717) is 12.2 Å². The van der Waals surface area contributed by atoms with Crippen molar-refractivity contribution in [3.63, 3.8) is 0 Å². The van der Waals surface area contributed by atoms with E-state index in [2.05, 4.69) is 0 Å². The van der Waals surface area contributed by atoms with Crippen LogP contribution >= 0.6 is 0 Å². The van der Waals surface area contributed by atoms with Crippen LogP contribution in [0.4, 0.5) is 0 Å². The normalized spacial score (nSPS) is 22.5. The highest BCUT2D eigenvalue weighted by Gasteiger charge is 2.19. The lowest BCUT2D eigenvalue weighted by molar-refractivity contribution is 0.0211. The Morgan fingerprint density at radius 3 is 2.50 bits per heavy atom. The molecular formula is C18H24O4. The van der Waals surface area contributed by atoms with Gasteiger partial charge in [0.2, 0.25) is 0 Å². The van der Waals surface area contributed by atoms with Gasteiger partial charge < -0.3 is 14.2 Å². The van der Waals surface area contributed by atoms with Crippen LogP contribution in [-0.4, -0.2) is 31.4 Å². The lowest BCUT2D eigenvalue weighted by atomic mass is 9.98. The molecule has 1 aliphatic heterocycles. The summed E-state index contributed by atoms with van der Waals surface area (Å²) in [6.07, 6.45) is 8.04. The Bertz CT molecular complexity index is 470. The summed E-state index contributed by atoms with van der Waals surface area (Å²) >= 11 is 0. The second-order valence-corrected chi connectivity index (χ2v) is 6.14. The molecule has 0 spiro atoms. The van der Waals surface area contributed by atoms with Crippen LogP contribution in [0.2, 0.25) is 0 Å². The van der Waals surface area contributed by atoms with Crippen molar-refractivity contribution in [2.45, 2.75) is 57.2 Å². The van der Waals surface area contributed by atoms with Gasteiger partial charge in [-0.1, -0.05) is 6.42 Å². The zero-order valence-electron chi connectivity index (χ0n) is 13.0. The molecule has 0 amide bonds. The molecule has 4 nitrogen and oxygen atoms in total. The minimum Gasteiger partial charge on any atom is -0.491 e. The maximum atomic E-state index is 12.1. The number of esters is 1. The maximum Gasteiger partial charge on any atom is 0.338 e. The Labute approximate surface area is 131 Å². The molecule has 1 saturated carbocycles. The van der Waals surface area contributed by atoms with E-state index in [0.717, 1.165) is 50.9 Å². The molecule has 1 saturated heterocycles. The van der Waals surface area contributed by atoms with Gasteiger partial charge in [0, 0.05) is 6.61 Å². The van der Waals surface area contributed by atoms with Gasteiger partial charge in [0.15, 0.2) is 0 Å². The molecule has 1 aromatic rings. The summed E-state index contributed by atoms with van der Waals surface area (Å²) in [5.74, 6) is 0.544. The summed E-state index contributed by atoms with van der Waals surface area (Å²) in [5.41, 5.74) is 0.593. The molecule has 1 atom stereocenters. The molecule has 120 valence electrons. The molecular weight excluding hydrogens is 280 g/mol. The highest BCUT2D eigenvalue weighted by Crippen LogP contribution is 2.22. The van der Waals surface area contributed by atoms with Crippen LogP contribution < -0.4 is 4.74 Å². The molecule has 4 heteroatoms. The summed E-state index contributed by atoms with van der Waals surface area (Å²) in [4.78, 5) is 12.1. The lowest BCUT2D eigenvalue weighted by Crippen LogP contribution is -2.20. The van der Waals surface area contributed by atoms with Crippen molar-refractivity contribution in [1.82, 2.24) is 0 Å². The quantitative estimate of drug-likeness (QED) is 0.777. The predicted molar refractivity (Wildman–Crippen MR) is 83.2 cm³/mol. The fourth-order valence-electron chi connectivity index (χ4n) is 3.05. The van der Waals surface area contributed by atoms with Gasteiger partial charge in [0.05, 0.1) is 11.7 Å². The summed E-state index contributed by atoms with van der Waals surface area (Å²) in [6.45, 7) is 1.41. The molecule has 2 aliphatic rings. The molecule has 2 fully saturated rings. The van der Waals surface area contributed by atoms with Crippen LogP contribution in [-0.2, 0) is 9.47 Å². The average molecular weight is 304 g/mol. The number of rotatable bonds is 5. The largest absolute Gasteiger partial charge is 0.491 e. The fraction of sp³-hybridized carbons (Fsp3) is 0.611. The van der Waals surface area contributed by atoms with E-state index in [1.54, 1.807) is 12.1 Å². The molecule has 1 aromatic carbocycles. The van der Waals surface area contributed by atoms with E-state index >= 15 is 0 Å². The van der Waals surface area contributed by atoms with Crippen molar-refractivity contribution in [3.8, 4) is 5.75 Å². The van der Waals surface area contributed by atoms with Crippen molar-refractivity contribution in [2.24, 2.45) is 0 Å². The van der Waals surface area contributed by atoms with E-state index in [9.17, 15) is 4.79 Å². The van der Waals surface area contributed by atoms with Crippen LogP contribution in [0.25, 0.3) is 0 Å². The first-order valence-electron chi connectivity index (χ1n) is 8.37. The Kier molecular flexibility index (Phi) is 5.33. The summed E-state index contributed by atoms with van der Waals surface area (Å²) in [6, 6.07) is 7.20. The number of carbonyl (C=O) groups excluding carboxylic acids is 1. The Hall–Kier alpha value is -1.55. The second-order valence-electron chi connectivity index (χ2n) is 6.14. The average Bonchev–Trinajstić information content (AvgIpc) is 3.08. The Morgan fingerprint density at radius 2 is 1.82 bits per heavy atom. The van der Waals surface area contributed by atoms with Crippen LogP contribution in [0, 0.1) is 0 Å². The number of benzene rings is 1. The minimum atomic E-state index is -0.224. The molecule has 0 N–H and O–H groups in total. The third-order valence-electron chi connectivity index (χ3n) is 4.38. The Morgan fingerprint density at radius 1 is 1.05 bits per heavy atom. The standard InChI is InChI=1S/C18H24O4/c19-18(22-16-5-2-1-3-6-16)14-8-10-15(11-9-14)21-13-17-7-4-12-20-17/h8-11,16-17H,1-7,12-13H2. The van der Waals surface area contributed by atoms with Crippen LogP contribution in [0.15, 0.2) is 24.3 Å². The van der Waals surface area contributed by atoms with E-state index in [1.807, 2.05) is 12.1 Å². The van der Waals surface area contributed by atoms with Gasteiger partial charge in [-0.15, -0.1) is 0 Å². The fourth-order valence-corrected chi connectivity index (χ4v) is 3.05. The second kappa shape index (κ2) is 7.63. The zero-order valence-corrected chi connectivity index (χ0v) is 13.0. The molecule has 1 heterocycles. The van der Waals surface area contributed by atoms with E-state index in [1.165, 1.54) is 6.42 Å². The van der Waals surface area contributed by atoms with Crippen molar-refractivity contribution in [2.75, 3.05) is 13.2 Å². The summed E-state index contributed by atoms with van der Waals surface area (Å²) in [5, 5.41) is 0. The van der Waals surface area contributed by atoms with E-state index in [4.69, 9.17) is 14.2 Å². The zero-order chi connectivity index (χ0) is 15.2. The molecule has 22 heavy (non-hydrogen) atoms. The molecule has 1 unspecified atom stereocenters. The third-order valence-corrected chi connectivity index (χ3v) is 4.38. The van der Waals surface area contributed by atoms with Gasteiger partial charge in [-0.05, 0) is 62.8 Å². The highest BCUT2D eigenvalue weighted by molar-refractivity contribution is 5.89. The van der Waals surface area contributed by atoms with E-state index < -0.39 is 0 Å². The van der Waals surface area contributed by atoms with Gasteiger partial charge in [-0.3, -0.25) is 0 Å². The van der Waals surface area contributed by atoms with Crippen molar-refractivity contribution < 1.29 is 19.0 Å². The Balaban J connectivity index is 1.48. The van der Waals surface area contributed by atoms with E-state index in [-0.39, 0.29) is 18.2 Å². The number of hydrogen-bond acceptors (Lipinski definition) is 4. The maximum absolute atomic E-state index is 12.1. The summed E-state index contributed by atoms with van der Waals surface area (Å²) in [7, 11) is 0. The molecule has 1 aliphatic carbocycles. The topological polar surface area (TPSA) is 44.8 Å². The predicted octanol–water partition coefficient (Wildman–Crippen LogP) is 3.73. The van der Waals surface area contributed by atoms with Gasteiger partial charge in [0.1, 0.15) is 18.5 Å². The smallest absolute Gasteiger partial charge is 0.338 e. The van der Waals surface area contributed by atoms with Gasteiger partial charge in [-0.2, -0.15) is 0 Å². The molecule has 0 bridgehead atoms. The van der Waals surface area contributed by atoms with Gasteiger partial charge in [0.25, 0.3) is 0 Å². The summed E-state index contributed by atoms with van der Waals surface area (Å²) < 4.78 is 16.8. The SMILES string of the molecule is O=C(OC1CCCCC1)c1ccc(OCC2CCCO2)cc1. The number of ether oxygens (including phenoxy) is 3. The van der Waals surface area contributed by atoms with Crippen molar-refractivity contribution in [1.29, 1.82) is 0 Å². The van der Waals surface area contributed by atoms with Crippen molar-refractivity contribution in [3.05, 3.63) is 29.8 Å². The first-order chi connectivity index (χ1) is 10.8. The molecule has 0 aromatic heterocycles. The van der Waals surface area contributed by atoms with Gasteiger partial charge in [-0.25, -0.2) is 4.79 Å². The number of carbonyl (C=O) groups is 1. The van der Waals surface area contributed by atoms with Crippen LogP contribution in [0.1, 0.15) is 55.3 Å². The van der Waals surface area contributed by atoms with Crippen LogP contribution in [0.3, 0.4) is 0 Å². The third kappa shape index (κ3) is 4.23. The number of hydrogen-bond donors (Lipinski definition) is 0. The van der Waals surface area contributed by atoms with Crippen LogP contribution in [0.5, 0.6) is 5.75 Å². The molecule has 3 rings (SSSR count). The first kappa shape index (κ1) is 15.3. The minimum absolute atomic E-state index is 0.0942. The monoisotopic (exact) mass is 304 g/mol. The highest BCUT2D eigenvalue weighted by atomic mass is 16.5.